The third-order valence-electron chi connectivity index (χ3n) is 7.77. The highest BCUT2D eigenvalue weighted by molar-refractivity contribution is 5.97. The van der Waals surface area contributed by atoms with E-state index >= 15 is 0 Å². The maximum Gasteiger partial charge on any atom is 0.255 e. The fourth-order valence-electron chi connectivity index (χ4n) is 4.77. The Hall–Kier alpha value is -3.51. The first-order valence-corrected chi connectivity index (χ1v) is 15.4. The monoisotopic (exact) mass is 571 g/mol. The van der Waals surface area contributed by atoms with Gasteiger partial charge >= 0.3 is 0 Å². The Bertz CT molecular complexity index is 1190. The Kier molecular flexibility index (Phi) is 15.0. The molecule has 1 fully saturated rings. The van der Waals surface area contributed by atoms with E-state index in [2.05, 4.69) is 75.0 Å². The Balaban J connectivity index is 2.35. The number of hydrogen-bond donors (Lipinski definition) is 2. The van der Waals surface area contributed by atoms with Crippen molar-refractivity contribution in [3.8, 4) is 0 Å². The molecule has 42 heavy (non-hydrogen) atoms. The number of unbranched alkanes of at least 4 members (excludes halogenated alkanes) is 1. The minimum absolute atomic E-state index is 0.127. The fraction of sp³-hybridized carbons (Fsp3) is 0.472. The van der Waals surface area contributed by atoms with Crippen LogP contribution in [0.15, 0.2) is 91.0 Å². The van der Waals surface area contributed by atoms with E-state index in [4.69, 9.17) is 4.98 Å². The zero-order valence-corrected chi connectivity index (χ0v) is 26.9. The standard InChI is InChI=1S/C36H53N5O/c1-10-27(7)33(40-36(42)30(13-4)17-15-14-16-26(5)6)23-31(29(11-2)12-3)22-28(8)34-24-37-25-35(39-34)38-32-18-20-41(9)21-19-32/h11-13,17,22-27,32H,2,4,8,10,14-16,18-21H2,1,3,5-7,9H3,(H,38,39)(H,40,42)/b29-12-,30-17+,31-22-,33-23+. The maximum absolute atomic E-state index is 13.3. The van der Waals surface area contributed by atoms with Crippen LogP contribution in [0.1, 0.15) is 78.8 Å². The fourth-order valence-corrected chi connectivity index (χ4v) is 4.77. The molecule has 0 aromatic carbocycles. The van der Waals surface area contributed by atoms with E-state index in [1.807, 2.05) is 37.3 Å². The van der Waals surface area contributed by atoms with Gasteiger partial charge in [-0.05, 0) is 99.9 Å². The molecule has 6 nitrogen and oxygen atoms in total. The van der Waals surface area contributed by atoms with Gasteiger partial charge in [-0.1, -0.05) is 78.2 Å². The first-order valence-electron chi connectivity index (χ1n) is 15.4. The van der Waals surface area contributed by atoms with Crippen LogP contribution >= 0.6 is 0 Å². The lowest BCUT2D eigenvalue weighted by Crippen LogP contribution is -2.36. The third kappa shape index (κ3) is 11.4. The summed E-state index contributed by atoms with van der Waals surface area (Å²) in [6, 6.07) is 0.384. The van der Waals surface area contributed by atoms with Gasteiger partial charge in [0.2, 0.25) is 0 Å². The van der Waals surface area contributed by atoms with Crippen LogP contribution in [-0.4, -0.2) is 47.0 Å². The highest BCUT2D eigenvalue weighted by Crippen LogP contribution is 2.24. The van der Waals surface area contributed by atoms with Crippen molar-refractivity contribution in [1.29, 1.82) is 0 Å². The van der Waals surface area contributed by atoms with Crippen LogP contribution in [0, 0.1) is 11.8 Å². The Labute approximate surface area is 255 Å². The van der Waals surface area contributed by atoms with Crippen molar-refractivity contribution < 1.29 is 4.79 Å². The number of nitrogens with zero attached hydrogens (tertiary/aromatic N) is 3. The van der Waals surface area contributed by atoms with Crippen molar-refractivity contribution in [2.75, 3.05) is 25.5 Å². The molecular formula is C36H53N5O. The second-order valence-corrected chi connectivity index (χ2v) is 11.6. The number of rotatable bonds is 16. The average Bonchev–Trinajstić information content (AvgIpc) is 2.98. The summed E-state index contributed by atoms with van der Waals surface area (Å²) < 4.78 is 0. The second-order valence-electron chi connectivity index (χ2n) is 11.6. The molecule has 1 saturated heterocycles. The van der Waals surface area contributed by atoms with Gasteiger partial charge in [-0.3, -0.25) is 9.78 Å². The zero-order chi connectivity index (χ0) is 31.1. The third-order valence-corrected chi connectivity index (χ3v) is 7.77. The van der Waals surface area contributed by atoms with Gasteiger partial charge in [0.1, 0.15) is 5.82 Å². The molecule has 0 spiro atoms. The van der Waals surface area contributed by atoms with E-state index in [-0.39, 0.29) is 11.8 Å². The van der Waals surface area contributed by atoms with Gasteiger partial charge in [0.25, 0.3) is 5.91 Å². The van der Waals surface area contributed by atoms with Gasteiger partial charge in [-0.2, -0.15) is 0 Å². The van der Waals surface area contributed by atoms with E-state index in [0.29, 0.717) is 23.2 Å². The maximum atomic E-state index is 13.3. The van der Waals surface area contributed by atoms with Gasteiger partial charge in [0.05, 0.1) is 18.1 Å². The number of allylic oxidation sites excluding steroid dienone is 9. The number of hydrogen-bond acceptors (Lipinski definition) is 5. The van der Waals surface area contributed by atoms with Crippen molar-refractivity contribution >= 4 is 17.3 Å². The van der Waals surface area contributed by atoms with Crippen LogP contribution in [0.3, 0.4) is 0 Å². The number of aromatic nitrogens is 2. The van der Waals surface area contributed by atoms with E-state index in [0.717, 1.165) is 79.8 Å². The SMILES string of the molecule is C=CC(=C/C)/C(=C\C(=C)c1cncc(NC2CCN(C)CC2)n1)/C=C(/NC(=O)/C(C=C)=C/CCCC(C)C)C(C)CC. The number of piperidine rings is 1. The van der Waals surface area contributed by atoms with Crippen LogP contribution in [0.2, 0.25) is 0 Å². The van der Waals surface area contributed by atoms with E-state index < -0.39 is 0 Å². The van der Waals surface area contributed by atoms with Gasteiger partial charge in [0, 0.05) is 17.3 Å². The van der Waals surface area contributed by atoms with Crippen molar-refractivity contribution in [3.05, 3.63) is 96.7 Å². The summed E-state index contributed by atoms with van der Waals surface area (Å²) in [5.74, 6) is 1.39. The molecule has 2 N–H and O–H groups in total. The minimum atomic E-state index is -0.140. The van der Waals surface area contributed by atoms with E-state index in [1.165, 1.54) is 0 Å². The number of carbonyl (C=O) groups excluding carboxylic acids is 1. The highest BCUT2D eigenvalue weighted by atomic mass is 16.1. The topological polar surface area (TPSA) is 70.2 Å². The summed E-state index contributed by atoms with van der Waals surface area (Å²) in [4.78, 5) is 24.9. The highest BCUT2D eigenvalue weighted by Gasteiger charge is 2.18. The lowest BCUT2D eigenvalue weighted by molar-refractivity contribution is -0.116. The van der Waals surface area contributed by atoms with Crippen molar-refractivity contribution in [3.63, 3.8) is 0 Å². The molecule has 2 heterocycles. The van der Waals surface area contributed by atoms with Gasteiger partial charge in [-0.15, -0.1) is 0 Å². The smallest absolute Gasteiger partial charge is 0.255 e. The Morgan fingerprint density at radius 2 is 1.79 bits per heavy atom. The molecule has 1 atom stereocenters. The summed E-state index contributed by atoms with van der Waals surface area (Å²) in [6.45, 7) is 25.0. The lowest BCUT2D eigenvalue weighted by atomic mass is 9.96. The first-order chi connectivity index (χ1) is 20.1. The largest absolute Gasteiger partial charge is 0.366 e. The molecule has 6 heteroatoms. The number of carbonyl (C=O) groups is 1. The summed E-state index contributed by atoms with van der Waals surface area (Å²) in [5, 5.41) is 6.73. The number of amides is 1. The molecule has 1 aliphatic rings. The van der Waals surface area contributed by atoms with E-state index in [1.54, 1.807) is 18.5 Å². The number of nitrogens with one attached hydrogen (secondary N) is 2. The van der Waals surface area contributed by atoms with Crippen molar-refractivity contribution in [2.24, 2.45) is 11.8 Å². The molecular weight excluding hydrogens is 518 g/mol. The molecule has 0 radical (unpaired) electrons. The van der Waals surface area contributed by atoms with Crippen LogP contribution in [0.4, 0.5) is 5.82 Å². The summed E-state index contributed by atoms with van der Waals surface area (Å²) in [6.07, 6.45) is 21.0. The molecule has 2 rings (SSSR count). The van der Waals surface area contributed by atoms with Crippen LogP contribution in [-0.2, 0) is 4.79 Å². The Morgan fingerprint density at radius 3 is 2.38 bits per heavy atom. The Morgan fingerprint density at radius 1 is 1.10 bits per heavy atom. The minimum Gasteiger partial charge on any atom is -0.366 e. The quantitative estimate of drug-likeness (QED) is 0.119. The average molecular weight is 572 g/mol. The van der Waals surface area contributed by atoms with Gasteiger partial charge in [0.15, 0.2) is 0 Å². The molecule has 0 aliphatic carbocycles. The summed E-state index contributed by atoms with van der Waals surface area (Å²) in [5.41, 5.74) is 4.69. The molecule has 1 amide bonds. The van der Waals surface area contributed by atoms with E-state index in [9.17, 15) is 4.79 Å². The summed E-state index contributed by atoms with van der Waals surface area (Å²) in [7, 11) is 2.16. The second kappa shape index (κ2) is 18.1. The van der Waals surface area contributed by atoms with Crippen LogP contribution < -0.4 is 10.6 Å². The number of likely N-dealkylation sites (tertiary alicyclic amines) is 1. The molecule has 1 aromatic heterocycles. The van der Waals surface area contributed by atoms with Crippen molar-refractivity contribution in [2.45, 2.75) is 79.2 Å². The normalized spacial score (nSPS) is 16.7. The molecule has 1 aliphatic heterocycles. The first kappa shape index (κ1) is 34.7. The van der Waals surface area contributed by atoms with Gasteiger partial charge in [-0.25, -0.2) is 4.98 Å². The van der Waals surface area contributed by atoms with Gasteiger partial charge < -0.3 is 15.5 Å². The molecule has 1 aromatic rings. The molecule has 228 valence electrons. The molecule has 1 unspecified atom stereocenters. The predicted octanol–water partition coefficient (Wildman–Crippen LogP) is 8.04. The predicted molar refractivity (Wildman–Crippen MR) is 180 cm³/mol. The lowest BCUT2D eigenvalue weighted by Gasteiger charge is -2.29. The van der Waals surface area contributed by atoms with Crippen molar-refractivity contribution in [1.82, 2.24) is 20.2 Å². The number of anilines is 1. The zero-order valence-electron chi connectivity index (χ0n) is 26.9. The molecule has 0 bridgehead atoms. The van der Waals surface area contributed by atoms with Crippen LogP contribution in [0.25, 0.3) is 5.57 Å². The van der Waals surface area contributed by atoms with Crippen LogP contribution in [0.5, 0.6) is 0 Å². The molecule has 0 saturated carbocycles. The summed E-state index contributed by atoms with van der Waals surface area (Å²) >= 11 is 0.